The molecule has 0 aliphatic rings. The van der Waals surface area contributed by atoms with Gasteiger partial charge in [0, 0.05) is 5.69 Å². The van der Waals surface area contributed by atoms with Crippen LogP contribution in [0.1, 0.15) is 38.2 Å². The fraction of sp³-hybridized carbons (Fsp3) is 0.300. The quantitative estimate of drug-likeness (QED) is 0.361. The molecule has 0 unspecified atom stereocenters. The lowest BCUT2D eigenvalue weighted by molar-refractivity contribution is 0.668. The van der Waals surface area contributed by atoms with Gasteiger partial charge in [-0.1, -0.05) is 50.5 Å². The van der Waals surface area contributed by atoms with Crippen LogP contribution in [0.15, 0.2) is 48.5 Å². The van der Waals surface area contributed by atoms with E-state index < -0.39 is 0 Å². The van der Waals surface area contributed by atoms with Gasteiger partial charge in [-0.15, -0.1) is 0 Å². The highest BCUT2D eigenvalue weighted by Gasteiger charge is 2.03. The molecule has 0 aliphatic heterocycles. The maximum Gasteiger partial charge on any atom is 0.0320 e. The topological polar surface area (TPSA) is 26.0 Å². The summed E-state index contributed by atoms with van der Waals surface area (Å²) in [6.45, 7) is 2.26. The van der Waals surface area contributed by atoms with E-state index in [2.05, 4.69) is 49.4 Å². The first-order chi connectivity index (χ1) is 10.3. The predicted octanol–water partition coefficient (Wildman–Crippen LogP) is 5.70. The van der Waals surface area contributed by atoms with Crippen LogP contribution in [0, 0.1) is 0 Å². The summed E-state index contributed by atoms with van der Waals surface area (Å²) in [5.41, 5.74) is 8.22. The van der Waals surface area contributed by atoms with Gasteiger partial charge in [-0.3, -0.25) is 0 Å². The highest BCUT2D eigenvalue weighted by Crippen LogP contribution is 2.27. The number of anilines is 1. The summed E-state index contributed by atoms with van der Waals surface area (Å²) in [4.78, 5) is 0. The first-order valence-corrected chi connectivity index (χ1v) is 7.99. The van der Waals surface area contributed by atoms with Crippen molar-refractivity contribution in [3.8, 4) is 0 Å². The van der Waals surface area contributed by atoms with Crippen LogP contribution < -0.4 is 5.73 Å². The van der Waals surface area contributed by atoms with E-state index in [0.717, 1.165) is 5.69 Å². The van der Waals surface area contributed by atoms with Gasteiger partial charge in [0.05, 0.1) is 0 Å². The lowest BCUT2D eigenvalue weighted by Crippen LogP contribution is -1.89. The van der Waals surface area contributed by atoms with E-state index >= 15 is 0 Å². The van der Waals surface area contributed by atoms with Crippen LogP contribution in [0.2, 0.25) is 0 Å². The third kappa shape index (κ3) is 3.02. The van der Waals surface area contributed by atoms with Gasteiger partial charge in [0.25, 0.3) is 0 Å². The molecule has 0 aliphatic carbocycles. The number of nitrogens with two attached hydrogens (primary N) is 1. The molecule has 0 saturated heterocycles. The number of unbranched alkanes of at least 4 members (excludes halogenated alkanes) is 3. The molecule has 0 amide bonds. The van der Waals surface area contributed by atoms with Crippen LogP contribution in [0.25, 0.3) is 21.5 Å². The largest absolute Gasteiger partial charge is 0.399 e. The molecule has 108 valence electrons. The van der Waals surface area contributed by atoms with E-state index in [-0.39, 0.29) is 0 Å². The zero-order valence-corrected chi connectivity index (χ0v) is 12.7. The molecule has 0 heterocycles. The van der Waals surface area contributed by atoms with Crippen molar-refractivity contribution >= 4 is 27.2 Å². The van der Waals surface area contributed by atoms with E-state index in [1.807, 2.05) is 6.07 Å². The maximum absolute atomic E-state index is 5.92. The van der Waals surface area contributed by atoms with E-state index in [0.29, 0.717) is 0 Å². The minimum atomic E-state index is 0.835. The number of fused-ring (bicyclic) bond motifs is 2. The number of hydrogen-bond acceptors (Lipinski definition) is 1. The highest BCUT2D eigenvalue weighted by atomic mass is 14.5. The number of aryl methyl sites for hydroxylation is 1. The van der Waals surface area contributed by atoms with Gasteiger partial charge in [-0.05, 0) is 64.2 Å². The van der Waals surface area contributed by atoms with Gasteiger partial charge < -0.3 is 5.73 Å². The van der Waals surface area contributed by atoms with Gasteiger partial charge in [0.15, 0.2) is 0 Å². The minimum absolute atomic E-state index is 0.835. The Hall–Kier alpha value is -2.02. The van der Waals surface area contributed by atoms with Crippen molar-refractivity contribution in [1.29, 1.82) is 0 Å². The molecule has 2 N–H and O–H groups in total. The van der Waals surface area contributed by atoms with Crippen LogP contribution >= 0.6 is 0 Å². The number of benzene rings is 3. The molecule has 1 heteroatoms. The fourth-order valence-electron chi connectivity index (χ4n) is 3.07. The molecule has 0 fully saturated rings. The Labute approximate surface area is 126 Å². The number of nitrogen functional groups attached to an aromatic ring is 1. The smallest absolute Gasteiger partial charge is 0.0320 e. The van der Waals surface area contributed by atoms with Gasteiger partial charge in [0.2, 0.25) is 0 Å². The highest BCUT2D eigenvalue weighted by molar-refractivity contribution is 6.00. The Kier molecular flexibility index (Phi) is 4.10. The Balaban J connectivity index is 2.00. The molecule has 0 atom stereocenters. The number of rotatable bonds is 5. The van der Waals surface area contributed by atoms with Crippen molar-refractivity contribution in [2.75, 3.05) is 5.73 Å². The third-order valence-electron chi connectivity index (χ3n) is 4.25. The summed E-state index contributed by atoms with van der Waals surface area (Å²) in [5.74, 6) is 0. The van der Waals surface area contributed by atoms with Crippen LogP contribution in [0.5, 0.6) is 0 Å². The Bertz CT molecular complexity index is 758. The van der Waals surface area contributed by atoms with E-state index in [1.165, 1.54) is 59.2 Å². The maximum atomic E-state index is 5.92. The summed E-state index contributed by atoms with van der Waals surface area (Å²) in [7, 11) is 0. The van der Waals surface area contributed by atoms with Gasteiger partial charge in [0.1, 0.15) is 0 Å². The van der Waals surface area contributed by atoms with Gasteiger partial charge in [-0.2, -0.15) is 0 Å². The average Bonchev–Trinajstić information content (AvgIpc) is 2.50. The molecule has 0 radical (unpaired) electrons. The standard InChI is InChI=1S/C20H23N/c1-2-3-4-5-7-15-8-6-9-17-12-16-10-11-19(21)13-18(16)14-20(15)17/h6,8-14H,2-5,7,21H2,1H3. The van der Waals surface area contributed by atoms with Gasteiger partial charge >= 0.3 is 0 Å². The third-order valence-corrected chi connectivity index (χ3v) is 4.25. The van der Waals surface area contributed by atoms with Crippen LogP contribution in [-0.4, -0.2) is 0 Å². The second-order valence-corrected chi connectivity index (χ2v) is 5.91. The first kappa shape index (κ1) is 13.9. The molecule has 3 aromatic rings. The number of hydrogen-bond donors (Lipinski definition) is 1. The molecular weight excluding hydrogens is 254 g/mol. The molecule has 3 rings (SSSR count). The van der Waals surface area contributed by atoms with Crippen molar-refractivity contribution in [3.05, 3.63) is 54.1 Å². The summed E-state index contributed by atoms with van der Waals surface area (Å²) >= 11 is 0. The zero-order valence-electron chi connectivity index (χ0n) is 12.7. The summed E-state index contributed by atoms with van der Waals surface area (Å²) in [5, 5.41) is 5.22. The molecule has 21 heavy (non-hydrogen) atoms. The Morgan fingerprint density at radius 3 is 2.57 bits per heavy atom. The summed E-state index contributed by atoms with van der Waals surface area (Å²) in [6, 6.07) is 17.4. The second kappa shape index (κ2) is 6.17. The second-order valence-electron chi connectivity index (χ2n) is 5.91. The van der Waals surface area contributed by atoms with E-state index in [1.54, 1.807) is 0 Å². The van der Waals surface area contributed by atoms with Crippen LogP contribution in [-0.2, 0) is 6.42 Å². The fourth-order valence-corrected chi connectivity index (χ4v) is 3.07. The SMILES string of the molecule is CCCCCCc1cccc2cc3ccc(N)cc3cc12. The molecule has 0 saturated carbocycles. The Morgan fingerprint density at radius 1 is 0.810 bits per heavy atom. The predicted molar refractivity (Wildman–Crippen MR) is 93.7 cm³/mol. The molecule has 1 nitrogen and oxygen atoms in total. The van der Waals surface area contributed by atoms with Crippen LogP contribution in [0.3, 0.4) is 0 Å². The lowest BCUT2D eigenvalue weighted by Gasteiger charge is -2.09. The minimum Gasteiger partial charge on any atom is -0.399 e. The van der Waals surface area contributed by atoms with E-state index in [4.69, 9.17) is 5.73 Å². The normalized spacial score (nSPS) is 11.3. The molecule has 0 spiro atoms. The van der Waals surface area contributed by atoms with Crippen LogP contribution in [0.4, 0.5) is 5.69 Å². The van der Waals surface area contributed by atoms with Crippen molar-refractivity contribution in [3.63, 3.8) is 0 Å². The monoisotopic (exact) mass is 277 g/mol. The van der Waals surface area contributed by atoms with Crippen molar-refractivity contribution in [1.82, 2.24) is 0 Å². The summed E-state index contributed by atoms with van der Waals surface area (Å²) in [6.07, 6.45) is 6.41. The lowest BCUT2D eigenvalue weighted by atomic mass is 9.96. The van der Waals surface area contributed by atoms with Crippen molar-refractivity contribution < 1.29 is 0 Å². The first-order valence-electron chi connectivity index (χ1n) is 7.99. The molecule has 0 bridgehead atoms. The zero-order chi connectivity index (χ0) is 14.7. The molecule has 0 aromatic heterocycles. The average molecular weight is 277 g/mol. The summed E-state index contributed by atoms with van der Waals surface area (Å²) < 4.78 is 0. The van der Waals surface area contributed by atoms with E-state index in [9.17, 15) is 0 Å². The van der Waals surface area contributed by atoms with Gasteiger partial charge in [-0.25, -0.2) is 0 Å². The molecular formula is C20H23N. The van der Waals surface area contributed by atoms with Crippen molar-refractivity contribution in [2.24, 2.45) is 0 Å². The molecule has 3 aromatic carbocycles. The van der Waals surface area contributed by atoms with Crippen molar-refractivity contribution in [2.45, 2.75) is 39.0 Å². The Morgan fingerprint density at radius 2 is 1.71 bits per heavy atom.